The molecule has 0 unspecified atom stereocenters. The summed E-state index contributed by atoms with van der Waals surface area (Å²) in [4.78, 5) is 39.7. The number of methoxy groups -OCH3 is 1. The van der Waals surface area contributed by atoms with Crippen molar-refractivity contribution in [2.45, 2.75) is 64.7 Å². The lowest BCUT2D eigenvalue weighted by Crippen LogP contribution is -2.57. The number of aliphatic hydroxyl groups excluding tert-OH is 1. The van der Waals surface area contributed by atoms with Crippen molar-refractivity contribution in [2.75, 3.05) is 26.8 Å². The van der Waals surface area contributed by atoms with Crippen LogP contribution in [0.4, 0.5) is 9.18 Å². The molecule has 2 aliphatic rings. The molecule has 1 saturated heterocycles. The maximum atomic E-state index is 14.6. The molecule has 0 radical (unpaired) electrons. The largest absolute Gasteiger partial charge is 0.494 e. The Kier molecular flexibility index (Phi) is 7.78. The van der Waals surface area contributed by atoms with Gasteiger partial charge >= 0.3 is 6.09 Å². The van der Waals surface area contributed by atoms with E-state index >= 15 is 0 Å². The highest BCUT2D eigenvalue weighted by Crippen LogP contribution is 2.39. The summed E-state index contributed by atoms with van der Waals surface area (Å²) >= 11 is 0. The monoisotopic (exact) mass is 569 g/mol. The zero-order valence-corrected chi connectivity index (χ0v) is 23.9. The standard InChI is InChI=1S/C29H36FN5O6/c1-15-23(27(37)34-19-12-35(9-8-20(19)36)28(38)41-29(2,3)4)25-26(33-15)24(31-14-32-25)17-10-22(39-5)18(30)11-21(17)40-13-16-6-7-16/h10-11,14,16,19-20,33,36H,6-9,12-13H2,1-5H3,(H,34,37)/t19-,20+/m0/s1. The fraction of sp³-hybridized carbons (Fsp3) is 0.517. The molecule has 0 spiro atoms. The Morgan fingerprint density at radius 2 is 1.95 bits per heavy atom. The number of aromatic nitrogens is 3. The number of carbonyl (C=O) groups excluding carboxylic acids is 2. The first-order valence-electron chi connectivity index (χ1n) is 13.8. The van der Waals surface area contributed by atoms with E-state index in [9.17, 15) is 19.1 Å². The van der Waals surface area contributed by atoms with Crippen LogP contribution in [0.5, 0.6) is 11.5 Å². The molecule has 0 bridgehead atoms. The smallest absolute Gasteiger partial charge is 0.410 e. The van der Waals surface area contributed by atoms with Crippen LogP contribution in [0.15, 0.2) is 18.5 Å². The van der Waals surface area contributed by atoms with Gasteiger partial charge < -0.3 is 34.5 Å². The first-order valence-corrected chi connectivity index (χ1v) is 13.8. The molecule has 1 saturated carbocycles. The van der Waals surface area contributed by atoms with Gasteiger partial charge in [-0.3, -0.25) is 4.79 Å². The quantitative estimate of drug-likeness (QED) is 0.389. The normalized spacial score (nSPS) is 19.2. The van der Waals surface area contributed by atoms with E-state index in [-0.39, 0.29) is 17.9 Å². The molecule has 2 fully saturated rings. The van der Waals surface area contributed by atoms with Crippen molar-refractivity contribution < 1.29 is 33.3 Å². The van der Waals surface area contributed by atoms with Gasteiger partial charge in [0.15, 0.2) is 11.6 Å². The molecule has 1 aliphatic carbocycles. The number of ether oxygens (including phenoxy) is 3. The number of aliphatic hydroxyl groups is 1. The summed E-state index contributed by atoms with van der Waals surface area (Å²) in [5.41, 5.74) is 1.90. The van der Waals surface area contributed by atoms with Crippen LogP contribution in [0, 0.1) is 18.7 Å². The summed E-state index contributed by atoms with van der Waals surface area (Å²) in [6.07, 6.45) is 2.43. The minimum atomic E-state index is -0.841. The summed E-state index contributed by atoms with van der Waals surface area (Å²) in [5.74, 6) is -0.214. The van der Waals surface area contributed by atoms with E-state index in [2.05, 4.69) is 20.3 Å². The Labute approximate surface area is 237 Å². The number of rotatable bonds is 7. The summed E-state index contributed by atoms with van der Waals surface area (Å²) in [7, 11) is 1.38. The van der Waals surface area contributed by atoms with Crippen molar-refractivity contribution in [3.63, 3.8) is 0 Å². The highest BCUT2D eigenvalue weighted by Gasteiger charge is 2.34. The van der Waals surface area contributed by atoms with Gasteiger partial charge in [0.2, 0.25) is 0 Å². The molecule has 2 aromatic heterocycles. The lowest BCUT2D eigenvalue weighted by molar-refractivity contribution is 0.000486. The maximum absolute atomic E-state index is 14.6. The second kappa shape index (κ2) is 11.2. The molecule has 12 heteroatoms. The number of nitrogens with one attached hydrogen (secondary N) is 2. The topological polar surface area (TPSA) is 139 Å². The summed E-state index contributed by atoms with van der Waals surface area (Å²) in [5, 5.41) is 13.5. The van der Waals surface area contributed by atoms with Crippen molar-refractivity contribution >= 4 is 23.0 Å². The fourth-order valence-corrected chi connectivity index (χ4v) is 4.91. The third kappa shape index (κ3) is 6.22. The molecule has 2 amide bonds. The van der Waals surface area contributed by atoms with Crippen molar-refractivity contribution in [3.05, 3.63) is 35.5 Å². The number of fused-ring (bicyclic) bond motifs is 1. The number of carbonyl (C=O) groups is 2. The minimum Gasteiger partial charge on any atom is -0.494 e. The average molecular weight is 570 g/mol. The fourth-order valence-electron chi connectivity index (χ4n) is 4.91. The molecule has 3 heterocycles. The van der Waals surface area contributed by atoms with E-state index in [1.807, 2.05) is 0 Å². The van der Waals surface area contributed by atoms with E-state index in [1.165, 1.54) is 30.5 Å². The Bertz CT molecular complexity index is 1460. The Morgan fingerprint density at radius 3 is 2.63 bits per heavy atom. The number of piperidine rings is 1. The molecular formula is C29H36FN5O6. The van der Waals surface area contributed by atoms with E-state index in [0.717, 1.165) is 12.8 Å². The van der Waals surface area contributed by atoms with Gasteiger partial charge in [-0.1, -0.05) is 0 Å². The number of benzene rings is 1. The van der Waals surface area contributed by atoms with Crippen LogP contribution in [0.3, 0.4) is 0 Å². The molecule has 11 nitrogen and oxygen atoms in total. The number of halogens is 1. The molecular weight excluding hydrogens is 533 g/mol. The molecule has 3 aromatic rings. The number of aryl methyl sites for hydroxylation is 1. The number of nitrogens with zero attached hydrogens (tertiary/aromatic N) is 3. The van der Waals surface area contributed by atoms with Gasteiger partial charge in [0, 0.05) is 30.4 Å². The minimum absolute atomic E-state index is 0.0348. The van der Waals surface area contributed by atoms with Crippen molar-refractivity contribution in [2.24, 2.45) is 5.92 Å². The van der Waals surface area contributed by atoms with Gasteiger partial charge in [-0.25, -0.2) is 19.2 Å². The number of likely N-dealkylation sites (tertiary alicyclic amines) is 1. The van der Waals surface area contributed by atoms with Crippen molar-refractivity contribution in [3.8, 4) is 22.8 Å². The molecule has 1 aromatic carbocycles. The highest BCUT2D eigenvalue weighted by molar-refractivity contribution is 6.09. The zero-order valence-electron chi connectivity index (χ0n) is 23.9. The Hall–Kier alpha value is -3.93. The van der Waals surface area contributed by atoms with Crippen LogP contribution >= 0.6 is 0 Å². The number of aromatic amines is 1. The van der Waals surface area contributed by atoms with Crippen molar-refractivity contribution in [1.82, 2.24) is 25.2 Å². The van der Waals surface area contributed by atoms with Crippen LogP contribution in [-0.2, 0) is 4.74 Å². The summed E-state index contributed by atoms with van der Waals surface area (Å²) < 4.78 is 31.3. The first kappa shape index (κ1) is 28.6. The third-order valence-corrected chi connectivity index (χ3v) is 7.22. The zero-order chi connectivity index (χ0) is 29.5. The SMILES string of the molecule is COc1cc(-c2ncnc3c(C(=O)N[C@H]4CN(C(=O)OC(C)(C)C)CC[C@H]4O)c(C)[nH]c23)c(OCC2CC2)cc1F. The van der Waals surface area contributed by atoms with Crippen LogP contribution in [0.1, 0.15) is 56.1 Å². The van der Waals surface area contributed by atoms with Crippen LogP contribution < -0.4 is 14.8 Å². The summed E-state index contributed by atoms with van der Waals surface area (Å²) in [6, 6.07) is 2.10. The summed E-state index contributed by atoms with van der Waals surface area (Å²) in [6.45, 7) is 7.96. The van der Waals surface area contributed by atoms with Crippen LogP contribution in [-0.4, -0.2) is 81.5 Å². The van der Waals surface area contributed by atoms with Gasteiger partial charge in [0.05, 0.1) is 36.9 Å². The predicted octanol–water partition coefficient (Wildman–Crippen LogP) is 3.97. The maximum Gasteiger partial charge on any atom is 0.410 e. The first-order chi connectivity index (χ1) is 19.4. The predicted molar refractivity (Wildman–Crippen MR) is 148 cm³/mol. The Balaban J connectivity index is 1.44. The Morgan fingerprint density at radius 1 is 1.20 bits per heavy atom. The number of H-pyrrole nitrogens is 1. The number of amides is 2. The second-order valence-electron chi connectivity index (χ2n) is 11.7. The molecule has 5 rings (SSSR count). The van der Waals surface area contributed by atoms with Crippen LogP contribution in [0.2, 0.25) is 0 Å². The lowest BCUT2D eigenvalue weighted by atomic mass is 10.0. The molecule has 220 valence electrons. The highest BCUT2D eigenvalue weighted by atomic mass is 19.1. The van der Waals surface area contributed by atoms with Crippen molar-refractivity contribution in [1.29, 1.82) is 0 Å². The molecule has 2 atom stereocenters. The third-order valence-electron chi connectivity index (χ3n) is 7.22. The molecule has 41 heavy (non-hydrogen) atoms. The average Bonchev–Trinajstić information content (AvgIpc) is 3.67. The molecule has 1 aliphatic heterocycles. The lowest BCUT2D eigenvalue weighted by Gasteiger charge is -2.37. The number of hydrogen-bond donors (Lipinski definition) is 3. The van der Waals surface area contributed by atoms with E-state index in [4.69, 9.17) is 14.2 Å². The van der Waals surface area contributed by atoms with Gasteiger partial charge in [-0.2, -0.15) is 0 Å². The molecule has 3 N–H and O–H groups in total. The number of hydrogen-bond acceptors (Lipinski definition) is 8. The van der Waals surface area contributed by atoms with E-state index < -0.39 is 35.6 Å². The van der Waals surface area contributed by atoms with Gasteiger partial charge in [0.1, 0.15) is 28.9 Å². The van der Waals surface area contributed by atoms with Gasteiger partial charge in [-0.15, -0.1) is 0 Å². The van der Waals surface area contributed by atoms with Crippen LogP contribution in [0.25, 0.3) is 22.3 Å². The van der Waals surface area contributed by atoms with Gasteiger partial charge in [0.25, 0.3) is 5.91 Å². The van der Waals surface area contributed by atoms with E-state index in [0.29, 0.717) is 59.2 Å². The second-order valence-corrected chi connectivity index (χ2v) is 11.7. The van der Waals surface area contributed by atoms with E-state index in [1.54, 1.807) is 27.7 Å². The van der Waals surface area contributed by atoms with Gasteiger partial charge in [-0.05, 0) is 58.9 Å².